The van der Waals surface area contributed by atoms with Gasteiger partial charge in [-0.2, -0.15) is 0 Å². The van der Waals surface area contributed by atoms with Crippen molar-refractivity contribution in [3.05, 3.63) is 35.7 Å². The molecule has 3 aromatic rings. The van der Waals surface area contributed by atoms with Gasteiger partial charge in [0.1, 0.15) is 17.3 Å². The average molecular weight is 542 g/mol. The molecule has 2 aromatic heterocycles. The van der Waals surface area contributed by atoms with E-state index in [0.29, 0.717) is 13.2 Å². The fourth-order valence-corrected chi connectivity index (χ4v) is 5.20. The minimum Gasteiger partial charge on any atom is -0.381 e. The van der Waals surface area contributed by atoms with Crippen LogP contribution < -0.4 is 10.6 Å². The van der Waals surface area contributed by atoms with Crippen LogP contribution in [0.3, 0.4) is 0 Å². The Morgan fingerprint density at radius 2 is 1.97 bits per heavy atom. The first-order valence-electron chi connectivity index (χ1n) is 11.5. The van der Waals surface area contributed by atoms with E-state index in [4.69, 9.17) is 4.74 Å². The van der Waals surface area contributed by atoms with E-state index in [0.717, 1.165) is 24.7 Å². The number of benzene rings is 1. The summed E-state index contributed by atoms with van der Waals surface area (Å²) >= 11 is 0. The van der Waals surface area contributed by atoms with E-state index in [-0.39, 0.29) is 39.2 Å². The van der Waals surface area contributed by atoms with Gasteiger partial charge in [-0.1, -0.05) is 6.07 Å². The predicted octanol–water partition coefficient (Wildman–Crippen LogP) is 4.53. The van der Waals surface area contributed by atoms with Crippen LogP contribution in [0.1, 0.15) is 43.0 Å². The maximum atomic E-state index is 13.3. The summed E-state index contributed by atoms with van der Waals surface area (Å²) in [5.41, 5.74) is 0.810. The fourth-order valence-electron chi connectivity index (χ4n) is 4.33. The van der Waals surface area contributed by atoms with E-state index in [1.807, 2.05) is 0 Å². The third kappa shape index (κ3) is 5.25. The second-order valence-corrected chi connectivity index (χ2v) is 11.2. The third-order valence-electron chi connectivity index (χ3n) is 6.39. The highest BCUT2D eigenvalue weighted by molar-refractivity contribution is 7.90. The van der Waals surface area contributed by atoms with Crippen molar-refractivity contribution < 1.29 is 35.5 Å². The minimum atomic E-state index is -3.74. The predicted molar refractivity (Wildman–Crippen MR) is 126 cm³/mol. The first-order chi connectivity index (χ1) is 17.4. The van der Waals surface area contributed by atoms with Crippen molar-refractivity contribution in [1.29, 1.82) is 0 Å². The molecule has 0 spiro atoms. The summed E-state index contributed by atoms with van der Waals surface area (Å²) in [6.07, 6.45) is -0.826. The number of ether oxygens (including phenoxy) is 1. The van der Waals surface area contributed by atoms with Gasteiger partial charge in [0, 0.05) is 31.3 Å². The Balaban J connectivity index is 1.54. The summed E-state index contributed by atoms with van der Waals surface area (Å²) in [5, 5.41) is 5.18. The topological polar surface area (TPSA) is 126 Å². The van der Waals surface area contributed by atoms with E-state index in [1.165, 1.54) is 6.07 Å². The lowest BCUT2D eigenvalue weighted by Gasteiger charge is -2.23. The van der Waals surface area contributed by atoms with Crippen molar-refractivity contribution in [3.63, 3.8) is 0 Å². The summed E-state index contributed by atoms with van der Waals surface area (Å²) in [6, 6.07) is 6.10. The van der Waals surface area contributed by atoms with Crippen LogP contribution in [0.15, 0.2) is 29.2 Å². The summed E-state index contributed by atoms with van der Waals surface area (Å²) in [6.45, 7) is 1.11. The molecule has 3 heterocycles. The van der Waals surface area contributed by atoms with Gasteiger partial charge in [0.2, 0.25) is 5.91 Å². The zero-order valence-electron chi connectivity index (χ0n) is 19.5. The SMILES string of the molecule is CS(=O)(=O)c1cc(C2CCCOC2)ccc1Nc1cc(NC(=O)[C@H]2CC2(F)F)nc2nc(C(F)F)[nH]c12. The number of rotatable bonds is 7. The molecule has 2 fully saturated rings. The van der Waals surface area contributed by atoms with Crippen LogP contribution >= 0.6 is 0 Å². The highest BCUT2D eigenvalue weighted by atomic mass is 32.2. The average Bonchev–Trinajstić information content (AvgIpc) is 3.27. The maximum Gasteiger partial charge on any atom is 0.295 e. The quantitative estimate of drug-likeness (QED) is 0.375. The van der Waals surface area contributed by atoms with Crippen molar-refractivity contribution in [2.24, 2.45) is 5.92 Å². The second-order valence-electron chi connectivity index (χ2n) is 9.25. The lowest BCUT2D eigenvalue weighted by molar-refractivity contribution is -0.119. The lowest BCUT2D eigenvalue weighted by atomic mass is 9.93. The number of aromatic amines is 1. The number of pyridine rings is 1. The first kappa shape index (κ1) is 25.4. The molecule has 2 aliphatic rings. The van der Waals surface area contributed by atoms with E-state index >= 15 is 0 Å². The molecule has 9 nitrogen and oxygen atoms in total. The number of hydrogen-bond donors (Lipinski definition) is 3. The molecule has 0 bridgehead atoms. The fraction of sp³-hybridized carbons (Fsp3) is 0.435. The van der Waals surface area contributed by atoms with Crippen molar-refractivity contribution in [1.82, 2.24) is 15.0 Å². The van der Waals surface area contributed by atoms with Gasteiger partial charge in [-0.25, -0.2) is 35.9 Å². The van der Waals surface area contributed by atoms with E-state index < -0.39 is 46.3 Å². The summed E-state index contributed by atoms with van der Waals surface area (Å²) in [5.74, 6) is -6.46. The molecule has 1 aromatic carbocycles. The van der Waals surface area contributed by atoms with Gasteiger partial charge in [-0.15, -0.1) is 0 Å². The number of amides is 1. The number of carbonyl (C=O) groups excluding carboxylic acids is 1. The van der Waals surface area contributed by atoms with E-state index in [9.17, 15) is 30.8 Å². The van der Waals surface area contributed by atoms with Gasteiger partial charge >= 0.3 is 0 Å². The molecule has 198 valence electrons. The Kier molecular flexibility index (Phi) is 6.34. The van der Waals surface area contributed by atoms with Gasteiger partial charge in [0.05, 0.1) is 22.9 Å². The number of H-pyrrole nitrogens is 1. The minimum absolute atomic E-state index is 0.0225. The normalized spacial score (nSPS) is 21.2. The number of alkyl halides is 4. The maximum absolute atomic E-state index is 13.3. The molecule has 1 aliphatic carbocycles. The van der Waals surface area contributed by atoms with Gasteiger partial charge < -0.3 is 20.4 Å². The smallest absolute Gasteiger partial charge is 0.295 e. The Morgan fingerprint density at radius 1 is 1.22 bits per heavy atom. The molecule has 14 heteroatoms. The number of hydrogen-bond acceptors (Lipinski definition) is 7. The molecular weight excluding hydrogens is 518 g/mol. The van der Waals surface area contributed by atoms with Crippen LogP contribution in [0.2, 0.25) is 0 Å². The second kappa shape index (κ2) is 9.24. The molecule has 1 saturated heterocycles. The number of aromatic nitrogens is 3. The molecule has 1 saturated carbocycles. The highest BCUT2D eigenvalue weighted by Crippen LogP contribution is 2.49. The largest absolute Gasteiger partial charge is 0.381 e. The van der Waals surface area contributed by atoms with Crippen molar-refractivity contribution in [2.75, 3.05) is 30.1 Å². The van der Waals surface area contributed by atoms with E-state index in [2.05, 4.69) is 25.6 Å². The standard InChI is InChI=1S/C23H23F4N5O4S/c1-37(34,35)16-7-11(12-3-2-6-36-10-12)4-5-14(16)28-15-8-17(30-22(33)13-9-23(13,26)27)29-20-18(15)31-21(32-20)19(24)25/h4-5,7-8,12-13,19H,2-3,6,9-10H2,1H3,(H3,28,29,30,31,32,33)/t12?,13-/m1/s1. The van der Waals surface area contributed by atoms with Crippen LogP contribution in [-0.2, 0) is 19.4 Å². The molecule has 0 radical (unpaired) electrons. The van der Waals surface area contributed by atoms with Crippen molar-refractivity contribution >= 4 is 44.1 Å². The van der Waals surface area contributed by atoms with Crippen LogP contribution in [0.4, 0.5) is 34.8 Å². The Labute approximate surface area is 208 Å². The van der Waals surface area contributed by atoms with Gasteiger partial charge in [-0.3, -0.25) is 4.79 Å². The molecule has 1 unspecified atom stereocenters. The molecule has 1 aliphatic heterocycles. The monoisotopic (exact) mass is 541 g/mol. The van der Waals surface area contributed by atoms with Crippen LogP contribution in [0.5, 0.6) is 0 Å². The molecule has 3 N–H and O–H groups in total. The number of nitrogens with zero attached hydrogens (tertiary/aromatic N) is 2. The zero-order valence-corrected chi connectivity index (χ0v) is 20.3. The Morgan fingerprint density at radius 3 is 2.59 bits per heavy atom. The lowest BCUT2D eigenvalue weighted by Crippen LogP contribution is -2.18. The van der Waals surface area contributed by atoms with Crippen LogP contribution in [0, 0.1) is 5.92 Å². The summed E-state index contributed by atoms with van der Waals surface area (Å²) in [4.78, 5) is 22.3. The number of carbonyl (C=O) groups is 1. The third-order valence-corrected chi connectivity index (χ3v) is 7.52. The van der Waals surface area contributed by atoms with Gasteiger partial charge in [0.25, 0.3) is 12.3 Å². The molecule has 37 heavy (non-hydrogen) atoms. The summed E-state index contributed by atoms with van der Waals surface area (Å²) < 4.78 is 84.1. The number of fused-ring (bicyclic) bond motifs is 1. The van der Waals surface area contributed by atoms with Crippen molar-refractivity contribution in [3.8, 4) is 0 Å². The number of nitrogens with one attached hydrogen (secondary N) is 3. The molecule has 1 amide bonds. The van der Waals surface area contributed by atoms with E-state index in [1.54, 1.807) is 18.2 Å². The molecule has 2 atom stereocenters. The van der Waals surface area contributed by atoms with Gasteiger partial charge in [-0.05, 0) is 30.5 Å². The zero-order chi connectivity index (χ0) is 26.5. The number of halogens is 4. The molecular formula is C23H23F4N5O4S. The van der Waals surface area contributed by atoms with Crippen LogP contribution in [0.25, 0.3) is 11.2 Å². The van der Waals surface area contributed by atoms with Gasteiger partial charge in [0.15, 0.2) is 21.3 Å². The Bertz CT molecular complexity index is 1470. The number of imidazole rings is 1. The van der Waals surface area contributed by atoms with Crippen LogP contribution in [-0.4, -0.2) is 54.7 Å². The number of sulfone groups is 1. The van der Waals surface area contributed by atoms with Crippen molar-refractivity contribution in [2.45, 2.75) is 42.4 Å². The number of anilines is 3. The summed E-state index contributed by atoms with van der Waals surface area (Å²) in [7, 11) is -3.74. The Hall–Kier alpha value is -3.26. The molecule has 5 rings (SSSR count). The highest BCUT2D eigenvalue weighted by Gasteiger charge is 2.61. The first-order valence-corrected chi connectivity index (χ1v) is 13.4.